The average Bonchev–Trinajstić information content (AvgIpc) is 2.94. The molecule has 0 bridgehead atoms. The number of carbonyl (C=O) groups is 1. The molecule has 0 radical (unpaired) electrons. The molecule has 0 aromatic carbocycles. The maximum Gasteiger partial charge on any atom is 0.356 e. The van der Waals surface area contributed by atoms with E-state index >= 15 is 0 Å². The molecular formula is C12H14N4O2S. The summed E-state index contributed by atoms with van der Waals surface area (Å²) in [5.74, 6) is -0.755. The molecule has 7 heteroatoms. The molecule has 6 nitrogen and oxygen atoms in total. The molecule has 0 aliphatic carbocycles. The average molecular weight is 278 g/mol. The highest BCUT2D eigenvalue weighted by Crippen LogP contribution is 2.25. The summed E-state index contributed by atoms with van der Waals surface area (Å²) in [6, 6.07) is 2.15. The molecule has 1 unspecified atom stereocenters. The van der Waals surface area contributed by atoms with Gasteiger partial charge in [-0.15, -0.1) is 11.3 Å². The van der Waals surface area contributed by atoms with Gasteiger partial charge in [0.1, 0.15) is 0 Å². The highest BCUT2D eigenvalue weighted by molar-refractivity contribution is 7.15. The number of nitrogens with zero attached hydrogens (tertiary/aromatic N) is 4. The molecule has 2 aromatic rings. The fourth-order valence-electron chi connectivity index (χ4n) is 1.93. The fourth-order valence-corrected chi connectivity index (χ4v) is 2.64. The standard InChI is InChI=1S/C12H14N4O2S/c1-3-15(7-8(2)6-13)10-9(11(17)18)16-4-5-19-12(16)14-10/h4-5,8H,3,7H2,1-2H3,(H,17,18). The molecule has 2 heterocycles. The largest absolute Gasteiger partial charge is 0.476 e. The van der Waals surface area contributed by atoms with E-state index in [0.717, 1.165) is 0 Å². The minimum absolute atomic E-state index is 0.156. The number of imidazole rings is 1. The molecule has 0 fully saturated rings. The van der Waals surface area contributed by atoms with Gasteiger partial charge in [0.15, 0.2) is 16.5 Å². The van der Waals surface area contributed by atoms with Crippen molar-refractivity contribution < 1.29 is 9.90 Å². The summed E-state index contributed by atoms with van der Waals surface area (Å²) in [6.07, 6.45) is 1.70. The van der Waals surface area contributed by atoms with Crippen molar-refractivity contribution in [3.05, 3.63) is 17.3 Å². The van der Waals surface area contributed by atoms with Gasteiger partial charge in [-0.25, -0.2) is 9.78 Å². The Balaban J connectivity index is 2.47. The zero-order chi connectivity index (χ0) is 14.0. The first-order valence-electron chi connectivity index (χ1n) is 5.91. The van der Waals surface area contributed by atoms with Gasteiger partial charge in [-0.3, -0.25) is 4.40 Å². The summed E-state index contributed by atoms with van der Waals surface area (Å²) in [7, 11) is 0. The second kappa shape index (κ2) is 5.28. The van der Waals surface area contributed by atoms with Crippen LogP contribution in [0.25, 0.3) is 4.96 Å². The lowest BCUT2D eigenvalue weighted by Crippen LogP contribution is -2.29. The minimum atomic E-state index is -1.01. The molecule has 0 aliphatic rings. The lowest BCUT2D eigenvalue weighted by atomic mass is 10.2. The Hall–Kier alpha value is -2.07. The van der Waals surface area contributed by atoms with Gasteiger partial charge in [-0.1, -0.05) is 0 Å². The molecular weight excluding hydrogens is 264 g/mol. The minimum Gasteiger partial charge on any atom is -0.476 e. The van der Waals surface area contributed by atoms with Crippen LogP contribution in [0.4, 0.5) is 5.82 Å². The lowest BCUT2D eigenvalue weighted by Gasteiger charge is -2.22. The lowest BCUT2D eigenvalue weighted by molar-refractivity contribution is 0.0690. The van der Waals surface area contributed by atoms with Crippen LogP contribution >= 0.6 is 11.3 Å². The van der Waals surface area contributed by atoms with Crippen LogP contribution in [0.1, 0.15) is 24.3 Å². The summed E-state index contributed by atoms with van der Waals surface area (Å²) >= 11 is 1.39. The van der Waals surface area contributed by atoms with E-state index in [4.69, 9.17) is 5.26 Å². The van der Waals surface area contributed by atoms with Crippen molar-refractivity contribution >= 4 is 28.1 Å². The van der Waals surface area contributed by atoms with Crippen molar-refractivity contribution in [1.82, 2.24) is 9.38 Å². The third-order valence-corrected chi connectivity index (χ3v) is 3.60. The summed E-state index contributed by atoms with van der Waals surface area (Å²) < 4.78 is 1.57. The molecule has 19 heavy (non-hydrogen) atoms. The third-order valence-electron chi connectivity index (χ3n) is 2.84. The summed E-state index contributed by atoms with van der Waals surface area (Å²) in [6.45, 7) is 4.81. The monoisotopic (exact) mass is 278 g/mol. The predicted octanol–water partition coefficient (Wildman–Crippen LogP) is 2.08. The van der Waals surface area contributed by atoms with E-state index in [2.05, 4.69) is 11.1 Å². The normalized spacial score (nSPS) is 12.3. The molecule has 0 spiro atoms. The number of thiazole rings is 1. The Labute approximate surface area is 114 Å². The molecule has 1 N–H and O–H groups in total. The molecule has 100 valence electrons. The number of aromatic carboxylic acids is 1. The number of rotatable bonds is 5. The Morgan fingerprint density at radius 3 is 3.05 bits per heavy atom. The van der Waals surface area contributed by atoms with Crippen LogP contribution in [0.5, 0.6) is 0 Å². The quantitative estimate of drug-likeness (QED) is 0.905. The fraction of sp³-hybridized carbons (Fsp3) is 0.417. The van der Waals surface area contributed by atoms with Crippen LogP contribution in [0.2, 0.25) is 0 Å². The zero-order valence-electron chi connectivity index (χ0n) is 10.7. The molecule has 0 aliphatic heterocycles. The van der Waals surface area contributed by atoms with Gasteiger partial charge in [-0.05, 0) is 13.8 Å². The number of anilines is 1. The summed E-state index contributed by atoms with van der Waals surface area (Å²) in [5, 5.41) is 20.0. The van der Waals surface area contributed by atoms with Gasteiger partial charge in [-0.2, -0.15) is 5.26 Å². The van der Waals surface area contributed by atoms with E-state index in [0.29, 0.717) is 23.9 Å². The summed E-state index contributed by atoms with van der Waals surface area (Å²) in [4.78, 5) is 18.3. The van der Waals surface area contributed by atoms with E-state index in [1.54, 1.807) is 16.0 Å². The molecule has 0 saturated carbocycles. The van der Waals surface area contributed by atoms with Crippen molar-refractivity contribution in [1.29, 1.82) is 5.26 Å². The molecule has 0 amide bonds. The molecule has 2 rings (SSSR count). The number of aromatic nitrogens is 2. The van der Waals surface area contributed by atoms with Crippen molar-refractivity contribution in [2.24, 2.45) is 5.92 Å². The van der Waals surface area contributed by atoms with E-state index in [1.165, 1.54) is 11.3 Å². The van der Waals surface area contributed by atoms with Crippen LogP contribution in [-0.4, -0.2) is 33.6 Å². The van der Waals surface area contributed by atoms with Crippen LogP contribution in [0, 0.1) is 17.2 Å². The van der Waals surface area contributed by atoms with E-state index in [-0.39, 0.29) is 11.6 Å². The van der Waals surface area contributed by atoms with Crippen molar-refractivity contribution in [2.75, 3.05) is 18.0 Å². The van der Waals surface area contributed by atoms with Gasteiger partial charge in [0.05, 0.1) is 12.0 Å². The molecule has 2 aromatic heterocycles. The topological polar surface area (TPSA) is 81.6 Å². The number of hydrogen-bond acceptors (Lipinski definition) is 5. The van der Waals surface area contributed by atoms with Crippen LogP contribution < -0.4 is 4.90 Å². The van der Waals surface area contributed by atoms with Gasteiger partial charge < -0.3 is 10.0 Å². The Morgan fingerprint density at radius 1 is 1.74 bits per heavy atom. The maximum absolute atomic E-state index is 11.4. The van der Waals surface area contributed by atoms with Gasteiger partial charge in [0.25, 0.3) is 0 Å². The van der Waals surface area contributed by atoms with Gasteiger partial charge in [0, 0.05) is 24.7 Å². The first-order chi connectivity index (χ1) is 9.08. The van der Waals surface area contributed by atoms with Crippen LogP contribution in [0.3, 0.4) is 0 Å². The van der Waals surface area contributed by atoms with E-state index in [1.807, 2.05) is 18.7 Å². The van der Waals surface area contributed by atoms with Crippen molar-refractivity contribution in [3.8, 4) is 6.07 Å². The third kappa shape index (κ3) is 2.39. The predicted molar refractivity (Wildman–Crippen MR) is 72.7 cm³/mol. The zero-order valence-corrected chi connectivity index (χ0v) is 11.5. The smallest absolute Gasteiger partial charge is 0.356 e. The molecule has 1 atom stereocenters. The van der Waals surface area contributed by atoms with Gasteiger partial charge >= 0.3 is 5.97 Å². The Kier molecular flexibility index (Phi) is 3.71. The first-order valence-corrected chi connectivity index (χ1v) is 6.79. The number of carboxylic acid groups (broad SMARTS) is 1. The Bertz CT molecular complexity index is 640. The second-order valence-electron chi connectivity index (χ2n) is 4.21. The van der Waals surface area contributed by atoms with Crippen molar-refractivity contribution in [3.63, 3.8) is 0 Å². The van der Waals surface area contributed by atoms with E-state index < -0.39 is 5.97 Å². The van der Waals surface area contributed by atoms with E-state index in [9.17, 15) is 9.90 Å². The Morgan fingerprint density at radius 2 is 2.47 bits per heavy atom. The van der Waals surface area contributed by atoms with Crippen LogP contribution in [0.15, 0.2) is 11.6 Å². The molecule has 0 saturated heterocycles. The number of nitriles is 1. The SMILES string of the molecule is CCN(CC(C)C#N)c1nc2sccn2c1C(=O)O. The second-order valence-corrected chi connectivity index (χ2v) is 5.09. The highest BCUT2D eigenvalue weighted by Gasteiger charge is 2.24. The van der Waals surface area contributed by atoms with Crippen LogP contribution in [-0.2, 0) is 0 Å². The highest BCUT2D eigenvalue weighted by atomic mass is 32.1. The summed E-state index contributed by atoms with van der Waals surface area (Å²) in [5.41, 5.74) is 0.156. The number of hydrogen-bond donors (Lipinski definition) is 1. The first kappa shape index (κ1) is 13.4. The maximum atomic E-state index is 11.4. The van der Waals surface area contributed by atoms with Crippen molar-refractivity contribution in [2.45, 2.75) is 13.8 Å². The van der Waals surface area contributed by atoms with Gasteiger partial charge in [0.2, 0.25) is 0 Å². The number of carboxylic acids is 1. The number of fused-ring (bicyclic) bond motifs is 1.